The number of anilines is 1. The first-order chi connectivity index (χ1) is 13.4. The first-order valence-corrected chi connectivity index (χ1v) is 9.26. The van der Waals surface area contributed by atoms with Crippen LogP contribution in [0.4, 0.5) is 5.82 Å². The van der Waals surface area contributed by atoms with E-state index in [0.29, 0.717) is 11.3 Å². The highest BCUT2D eigenvalue weighted by Gasteiger charge is 2.24. The Morgan fingerprint density at radius 2 is 2.21 bits per heavy atom. The number of aromatic nitrogens is 2. The Labute approximate surface area is 163 Å². The molecular formula is C20H25N7O. The van der Waals surface area contributed by atoms with Crippen molar-refractivity contribution in [3.8, 4) is 5.69 Å². The van der Waals surface area contributed by atoms with Crippen LogP contribution >= 0.6 is 0 Å². The summed E-state index contributed by atoms with van der Waals surface area (Å²) in [5, 5.41) is 10.7. The minimum atomic E-state index is -0.0417. The van der Waals surface area contributed by atoms with Crippen molar-refractivity contribution in [1.29, 1.82) is 5.41 Å². The fourth-order valence-corrected chi connectivity index (χ4v) is 3.22. The molecule has 0 aliphatic heterocycles. The van der Waals surface area contributed by atoms with E-state index in [9.17, 15) is 4.79 Å². The van der Waals surface area contributed by atoms with E-state index in [0.717, 1.165) is 30.8 Å². The number of nitrogens with one attached hydrogen (secondary N) is 2. The van der Waals surface area contributed by atoms with E-state index < -0.39 is 0 Å². The van der Waals surface area contributed by atoms with E-state index in [1.165, 1.54) is 6.21 Å². The molecule has 2 aromatic rings. The number of pyridine rings is 2. The molecule has 0 bridgehead atoms. The number of hydrogen-bond donors (Lipinski definition) is 3. The molecule has 4 N–H and O–H groups in total. The molecule has 0 unspecified atom stereocenters. The number of rotatable bonds is 5. The normalized spacial score (nSPS) is 19.9. The fraction of sp³-hybridized carbons (Fsp3) is 0.350. The highest BCUT2D eigenvalue weighted by Crippen LogP contribution is 2.25. The Morgan fingerprint density at radius 1 is 1.39 bits per heavy atom. The van der Waals surface area contributed by atoms with Gasteiger partial charge in [-0.2, -0.15) is 0 Å². The van der Waals surface area contributed by atoms with Crippen LogP contribution in [0.15, 0.2) is 51.4 Å². The van der Waals surface area contributed by atoms with Crippen LogP contribution in [-0.2, 0) is 0 Å². The summed E-state index contributed by atoms with van der Waals surface area (Å²) in [4.78, 5) is 25.0. The average Bonchev–Trinajstić information content (AvgIpc) is 3.10. The summed E-state index contributed by atoms with van der Waals surface area (Å²) in [6, 6.07) is 7.78. The van der Waals surface area contributed by atoms with Gasteiger partial charge in [-0.25, -0.2) is 15.0 Å². The molecular weight excluding hydrogens is 354 g/mol. The molecule has 2 atom stereocenters. The molecule has 1 saturated carbocycles. The van der Waals surface area contributed by atoms with E-state index >= 15 is 0 Å². The Bertz CT molecular complexity index is 959. The molecule has 8 nitrogen and oxygen atoms in total. The highest BCUT2D eigenvalue weighted by molar-refractivity contribution is 6.29. The van der Waals surface area contributed by atoms with Crippen LogP contribution in [0.25, 0.3) is 5.69 Å². The Kier molecular flexibility index (Phi) is 5.98. The first kappa shape index (κ1) is 19.5. The third-order valence-electron chi connectivity index (χ3n) is 4.63. The van der Waals surface area contributed by atoms with Crippen molar-refractivity contribution in [2.24, 2.45) is 15.7 Å². The smallest absolute Gasteiger partial charge is 0.258 e. The average molecular weight is 379 g/mol. The summed E-state index contributed by atoms with van der Waals surface area (Å²) in [7, 11) is 0. The van der Waals surface area contributed by atoms with E-state index in [-0.39, 0.29) is 23.6 Å². The lowest BCUT2D eigenvalue weighted by molar-refractivity contribution is 0.687. The number of aliphatic imine (C=N–C) groups is 2. The summed E-state index contributed by atoms with van der Waals surface area (Å²) in [6.07, 6.45) is 7.57. The molecule has 2 heterocycles. The van der Waals surface area contributed by atoms with Crippen molar-refractivity contribution in [2.45, 2.75) is 45.2 Å². The lowest BCUT2D eigenvalue weighted by atomic mass is 10.2. The zero-order chi connectivity index (χ0) is 20.1. The zero-order valence-electron chi connectivity index (χ0n) is 16.1. The van der Waals surface area contributed by atoms with Gasteiger partial charge in [0.15, 0.2) is 0 Å². The van der Waals surface area contributed by atoms with Crippen LogP contribution in [0.5, 0.6) is 0 Å². The molecule has 146 valence electrons. The Balaban J connectivity index is 1.61. The van der Waals surface area contributed by atoms with Gasteiger partial charge in [-0.1, -0.05) is 6.07 Å². The predicted molar refractivity (Wildman–Crippen MR) is 113 cm³/mol. The van der Waals surface area contributed by atoms with E-state index in [2.05, 4.69) is 20.3 Å². The van der Waals surface area contributed by atoms with Crippen LogP contribution in [0.2, 0.25) is 0 Å². The minimum Gasteiger partial charge on any atom is -0.368 e. The molecule has 0 spiro atoms. The Morgan fingerprint density at radius 3 is 2.93 bits per heavy atom. The Hall–Kier alpha value is -3.29. The molecule has 3 rings (SSSR count). The second kappa shape index (κ2) is 8.60. The van der Waals surface area contributed by atoms with Gasteiger partial charge in [0.2, 0.25) is 5.96 Å². The summed E-state index contributed by atoms with van der Waals surface area (Å²) >= 11 is 0. The van der Waals surface area contributed by atoms with Gasteiger partial charge in [-0.3, -0.25) is 9.36 Å². The maximum atomic E-state index is 12.2. The van der Waals surface area contributed by atoms with E-state index in [1.807, 2.05) is 18.2 Å². The van der Waals surface area contributed by atoms with Crippen LogP contribution in [0.3, 0.4) is 0 Å². The summed E-state index contributed by atoms with van der Waals surface area (Å²) in [6.45, 7) is 3.44. The van der Waals surface area contributed by atoms with Crippen LogP contribution in [-0.4, -0.2) is 39.5 Å². The van der Waals surface area contributed by atoms with E-state index in [1.54, 1.807) is 36.9 Å². The third kappa shape index (κ3) is 4.91. The molecule has 8 heteroatoms. The van der Waals surface area contributed by atoms with Gasteiger partial charge in [0, 0.05) is 23.5 Å². The molecule has 1 fully saturated rings. The number of hydrogen-bond acceptors (Lipinski definition) is 5. The molecule has 1 aliphatic carbocycles. The number of nitrogens with zero attached hydrogens (tertiary/aromatic N) is 4. The largest absolute Gasteiger partial charge is 0.368 e. The molecule has 0 amide bonds. The molecule has 2 aromatic heterocycles. The van der Waals surface area contributed by atoms with Crippen molar-refractivity contribution < 1.29 is 0 Å². The first-order valence-electron chi connectivity index (χ1n) is 9.26. The molecule has 0 radical (unpaired) electrons. The monoisotopic (exact) mass is 379 g/mol. The quantitative estimate of drug-likeness (QED) is 0.545. The number of guanidine groups is 1. The molecule has 0 aromatic carbocycles. The lowest BCUT2D eigenvalue weighted by Crippen LogP contribution is -2.20. The lowest BCUT2D eigenvalue weighted by Gasteiger charge is -2.14. The van der Waals surface area contributed by atoms with Gasteiger partial charge in [-0.15, -0.1) is 0 Å². The number of aryl methyl sites for hydroxylation is 1. The predicted octanol–water partition coefficient (Wildman–Crippen LogP) is 2.30. The standard InChI is InChI=1S/C20H25N7O/c1-13-4-3-9-27(19(13)28)17-7-8-18(23-12-17)25-15-5-6-16(10-15)26-20(22)24-11-14(2)21/h3-4,7-9,11-12,15-16,21H,5-6,10H2,1-2H3,(H2,22,26)(H,23,25)/t15-,16-/m0/s1. The van der Waals surface area contributed by atoms with Crippen molar-refractivity contribution >= 4 is 23.7 Å². The van der Waals surface area contributed by atoms with Crippen molar-refractivity contribution in [3.05, 3.63) is 52.6 Å². The van der Waals surface area contributed by atoms with Gasteiger partial charge < -0.3 is 16.5 Å². The van der Waals surface area contributed by atoms with Crippen LogP contribution < -0.4 is 16.6 Å². The van der Waals surface area contributed by atoms with Gasteiger partial charge in [0.1, 0.15) is 5.82 Å². The molecule has 28 heavy (non-hydrogen) atoms. The highest BCUT2D eigenvalue weighted by atomic mass is 16.1. The van der Waals surface area contributed by atoms with Gasteiger partial charge in [0.05, 0.1) is 24.1 Å². The van der Waals surface area contributed by atoms with Crippen LogP contribution in [0.1, 0.15) is 31.7 Å². The van der Waals surface area contributed by atoms with Crippen molar-refractivity contribution in [3.63, 3.8) is 0 Å². The summed E-state index contributed by atoms with van der Waals surface area (Å²) < 4.78 is 1.59. The fourth-order valence-electron chi connectivity index (χ4n) is 3.22. The minimum absolute atomic E-state index is 0.0417. The molecule has 1 aliphatic rings. The topological polar surface area (TPSA) is 122 Å². The maximum absolute atomic E-state index is 12.2. The van der Waals surface area contributed by atoms with E-state index in [4.69, 9.17) is 11.1 Å². The summed E-state index contributed by atoms with van der Waals surface area (Å²) in [5.74, 6) is 0.979. The van der Waals surface area contributed by atoms with Gasteiger partial charge in [0.25, 0.3) is 5.56 Å². The van der Waals surface area contributed by atoms with Gasteiger partial charge >= 0.3 is 0 Å². The van der Waals surface area contributed by atoms with Gasteiger partial charge in [-0.05, 0) is 51.3 Å². The number of nitrogens with two attached hydrogens (primary N) is 1. The second-order valence-electron chi connectivity index (χ2n) is 7.00. The van der Waals surface area contributed by atoms with Crippen molar-refractivity contribution in [1.82, 2.24) is 9.55 Å². The van der Waals surface area contributed by atoms with Crippen LogP contribution in [0, 0.1) is 12.3 Å². The van der Waals surface area contributed by atoms with Crippen molar-refractivity contribution in [2.75, 3.05) is 5.32 Å². The SMILES string of the molecule is CC(=N)C=NC(N)=N[C@H]1CC[C@H](Nc2ccc(-n3cccc(C)c3=O)cn2)C1. The second-order valence-corrected chi connectivity index (χ2v) is 7.00. The summed E-state index contributed by atoms with van der Waals surface area (Å²) in [5.41, 5.74) is 7.52. The molecule has 0 saturated heterocycles. The maximum Gasteiger partial charge on any atom is 0.258 e. The zero-order valence-corrected chi connectivity index (χ0v) is 16.1. The third-order valence-corrected chi connectivity index (χ3v) is 4.63.